The number of amides is 1. The van der Waals surface area contributed by atoms with E-state index in [1.807, 2.05) is 13.8 Å². The van der Waals surface area contributed by atoms with Gasteiger partial charge in [0.05, 0.1) is 4.90 Å². The van der Waals surface area contributed by atoms with Gasteiger partial charge < -0.3 is 9.64 Å². The van der Waals surface area contributed by atoms with Crippen LogP contribution in [0.15, 0.2) is 29.2 Å². The first-order valence-electron chi connectivity index (χ1n) is 8.28. The molecule has 1 unspecified atom stereocenters. The second-order valence-electron chi connectivity index (χ2n) is 6.76. The van der Waals surface area contributed by atoms with Gasteiger partial charge in [0.2, 0.25) is 0 Å². The summed E-state index contributed by atoms with van der Waals surface area (Å²) in [5.74, 6) is 0.401. The van der Waals surface area contributed by atoms with E-state index in [1.165, 1.54) is 12.1 Å². The molecule has 1 aromatic carbocycles. The first-order valence-corrected chi connectivity index (χ1v) is 10.2. The maximum absolute atomic E-state index is 12.7. The molecule has 0 bridgehead atoms. The van der Waals surface area contributed by atoms with Gasteiger partial charge in [-0.3, -0.25) is 4.79 Å². The van der Waals surface area contributed by atoms with Gasteiger partial charge >= 0.3 is 0 Å². The van der Waals surface area contributed by atoms with Gasteiger partial charge in [0.25, 0.3) is 5.91 Å². The Balaban J connectivity index is 2.91. The van der Waals surface area contributed by atoms with Crippen molar-refractivity contribution in [3.05, 3.63) is 24.3 Å². The lowest BCUT2D eigenvalue weighted by molar-refractivity contribution is -0.129. The van der Waals surface area contributed by atoms with Crippen molar-refractivity contribution in [1.82, 2.24) is 0 Å². The van der Waals surface area contributed by atoms with Crippen LogP contribution in [-0.2, 0) is 19.4 Å². The molecule has 6 heteroatoms. The molecule has 0 aliphatic rings. The monoisotopic (exact) mass is 355 g/mol. The molecule has 1 atom stereocenters. The molecular formula is C18H29NO4S. The number of hydrogen-bond acceptors (Lipinski definition) is 4. The molecule has 0 saturated carbocycles. The van der Waals surface area contributed by atoms with Crippen LogP contribution >= 0.6 is 0 Å². The fourth-order valence-electron chi connectivity index (χ4n) is 2.28. The minimum absolute atomic E-state index is 0.0577. The maximum atomic E-state index is 12.7. The van der Waals surface area contributed by atoms with Gasteiger partial charge in [0, 0.05) is 24.6 Å². The average Bonchev–Trinajstić information content (AvgIpc) is 2.46. The van der Waals surface area contributed by atoms with Crippen molar-refractivity contribution in [2.75, 3.05) is 17.8 Å². The smallest absolute Gasteiger partial charge is 0.256 e. The lowest BCUT2D eigenvalue weighted by Gasteiger charge is -2.29. The second-order valence-corrected chi connectivity index (χ2v) is 8.78. The van der Waals surface area contributed by atoms with Crippen molar-refractivity contribution >= 4 is 21.4 Å². The van der Waals surface area contributed by atoms with Gasteiger partial charge in [-0.25, -0.2) is 8.42 Å². The zero-order chi connectivity index (χ0) is 18.5. The molecule has 1 amide bonds. The highest BCUT2D eigenvalue weighted by Crippen LogP contribution is 2.21. The minimum Gasteiger partial charge on any atom is -0.369 e. The molecule has 0 radical (unpaired) electrons. The van der Waals surface area contributed by atoms with E-state index in [1.54, 1.807) is 24.0 Å². The third-order valence-corrected chi connectivity index (χ3v) is 4.84. The quantitative estimate of drug-likeness (QED) is 0.718. The highest BCUT2D eigenvalue weighted by molar-refractivity contribution is 7.90. The Kier molecular flexibility index (Phi) is 7.42. The third-order valence-electron chi connectivity index (χ3n) is 3.71. The van der Waals surface area contributed by atoms with Gasteiger partial charge in [-0.05, 0) is 57.4 Å². The maximum Gasteiger partial charge on any atom is 0.256 e. The molecule has 0 spiro atoms. The molecule has 0 heterocycles. The fraction of sp³-hybridized carbons (Fsp3) is 0.611. The number of carbonyl (C=O) groups excluding carboxylic acids is 1. The van der Waals surface area contributed by atoms with Gasteiger partial charge in [-0.2, -0.15) is 0 Å². The Hall–Kier alpha value is -1.40. The number of hydrogen-bond donors (Lipinski definition) is 0. The number of carbonyl (C=O) groups is 1. The topological polar surface area (TPSA) is 63.7 Å². The van der Waals surface area contributed by atoms with Crippen molar-refractivity contribution in [2.24, 2.45) is 5.92 Å². The largest absolute Gasteiger partial charge is 0.369 e. The summed E-state index contributed by atoms with van der Waals surface area (Å²) < 4.78 is 28.8. The molecule has 24 heavy (non-hydrogen) atoms. The molecule has 0 saturated heterocycles. The van der Waals surface area contributed by atoms with E-state index in [0.717, 1.165) is 12.7 Å². The van der Waals surface area contributed by atoms with Crippen molar-refractivity contribution in [1.29, 1.82) is 0 Å². The predicted molar refractivity (Wildman–Crippen MR) is 97.0 cm³/mol. The van der Waals surface area contributed by atoms with Crippen LogP contribution in [0, 0.1) is 5.92 Å². The lowest BCUT2D eigenvalue weighted by Crippen LogP contribution is -2.43. The summed E-state index contributed by atoms with van der Waals surface area (Å²) in [7, 11) is -3.25. The van der Waals surface area contributed by atoms with Gasteiger partial charge in [0.1, 0.15) is 6.10 Å². The Morgan fingerprint density at radius 3 is 2.04 bits per heavy atom. The van der Waals surface area contributed by atoms with Gasteiger partial charge in [0.15, 0.2) is 9.84 Å². The minimum atomic E-state index is -3.25. The van der Waals surface area contributed by atoms with E-state index in [0.29, 0.717) is 18.2 Å². The van der Waals surface area contributed by atoms with Crippen LogP contribution in [0.25, 0.3) is 0 Å². The molecule has 1 aromatic rings. The van der Waals surface area contributed by atoms with Crippen LogP contribution in [0.5, 0.6) is 0 Å². The fourth-order valence-corrected chi connectivity index (χ4v) is 2.91. The number of sulfone groups is 1. The molecular weight excluding hydrogens is 326 g/mol. The van der Waals surface area contributed by atoms with Crippen LogP contribution < -0.4 is 4.90 Å². The molecule has 136 valence electrons. The zero-order valence-corrected chi connectivity index (χ0v) is 16.3. The van der Waals surface area contributed by atoms with E-state index in [-0.39, 0.29) is 16.8 Å². The summed E-state index contributed by atoms with van der Waals surface area (Å²) in [6.45, 7) is 10.4. The molecule has 0 aliphatic carbocycles. The van der Waals surface area contributed by atoms with Gasteiger partial charge in [-0.15, -0.1) is 0 Å². The van der Waals surface area contributed by atoms with E-state index in [2.05, 4.69) is 13.8 Å². The van der Waals surface area contributed by atoms with Crippen LogP contribution in [0.2, 0.25) is 0 Å². The Bertz CT molecular complexity index is 635. The summed E-state index contributed by atoms with van der Waals surface area (Å²) in [6, 6.07) is 6.32. The zero-order valence-electron chi connectivity index (χ0n) is 15.4. The van der Waals surface area contributed by atoms with E-state index in [4.69, 9.17) is 4.74 Å². The van der Waals surface area contributed by atoms with Crippen molar-refractivity contribution in [2.45, 2.75) is 58.1 Å². The Labute approximate surface area is 145 Å². The summed E-state index contributed by atoms with van der Waals surface area (Å²) in [5.41, 5.74) is 0.668. The normalized spacial score (nSPS) is 13.3. The highest BCUT2D eigenvalue weighted by Gasteiger charge is 2.25. The number of rotatable bonds is 8. The van der Waals surface area contributed by atoms with E-state index < -0.39 is 15.9 Å². The summed E-state index contributed by atoms with van der Waals surface area (Å²) in [5, 5.41) is 0. The summed E-state index contributed by atoms with van der Waals surface area (Å²) in [6.07, 6.45) is 1.53. The average molecular weight is 356 g/mol. The lowest BCUT2D eigenvalue weighted by atomic mass is 10.1. The summed E-state index contributed by atoms with van der Waals surface area (Å²) in [4.78, 5) is 14.6. The molecule has 1 rings (SSSR count). The highest BCUT2D eigenvalue weighted by atomic mass is 32.2. The Morgan fingerprint density at radius 1 is 1.08 bits per heavy atom. The number of benzene rings is 1. The number of anilines is 1. The molecule has 0 aliphatic heterocycles. The second kappa shape index (κ2) is 8.62. The molecule has 5 nitrogen and oxygen atoms in total. The summed E-state index contributed by atoms with van der Waals surface area (Å²) >= 11 is 0. The third kappa shape index (κ3) is 5.91. The molecule has 0 N–H and O–H groups in total. The number of nitrogens with zero attached hydrogens (tertiary/aromatic N) is 1. The standard InChI is InChI=1S/C18H29NO4S/c1-13(2)11-12-23-15(5)18(20)19(14(3)4)16-7-9-17(10-8-16)24(6,21)22/h7-10,13-15H,11-12H2,1-6H3. The van der Waals surface area contributed by atoms with Crippen molar-refractivity contribution in [3.63, 3.8) is 0 Å². The molecule has 0 fully saturated rings. The predicted octanol–water partition coefficient (Wildman–Crippen LogP) is 3.28. The van der Waals surface area contributed by atoms with E-state index >= 15 is 0 Å². The Morgan fingerprint density at radius 2 is 1.62 bits per heavy atom. The van der Waals surface area contributed by atoms with E-state index in [9.17, 15) is 13.2 Å². The first-order chi connectivity index (χ1) is 11.0. The SMILES string of the molecule is CC(C)CCOC(C)C(=O)N(c1ccc(S(C)(=O)=O)cc1)C(C)C. The number of ether oxygens (including phenoxy) is 1. The van der Waals surface area contributed by atoms with Crippen LogP contribution in [0.3, 0.4) is 0 Å². The van der Waals surface area contributed by atoms with Crippen molar-refractivity contribution in [3.8, 4) is 0 Å². The van der Waals surface area contributed by atoms with Crippen LogP contribution in [-0.4, -0.2) is 39.3 Å². The van der Waals surface area contributed by atoms with Crippen LogP contribution in [0.4, 0.5) is 5.69 Å². The first kappa shape index (κ1) is 20.6. The molecule has 0 aromatic heterocycles. The van der Waals surface area contributed by atoms with Gasteiger partial charge in [-0.1, -0.05) is 13.8 Å². The van der Waals surface area contributed by atoms with Crippen LogP contribution in [0.1, 0.15) is 41.0 Å². The van der Waals surface area contributed by atoms with Crippen molar-refractivity contribution < 1.29 is 17.9 Å².